The highest BCUT2D eigenvalue weighted by molar-refractivity contribution is 7.89. The summed E-state index contributed by atoms with van der Waals surface area (Å²) in [7, 11) is -3.63. The summed E-state index contributed by atoms with van der Waals surface area (Å²) in [6, 6.07) is 14.5. The lowest BCUT2D eigenvalue weighted by atomic mass is 10.1. The van der Waals surface area contributed by atoms with Crippen LogP contribution in [0.4, 0.5) is 0 Å². The van der Waals surface area contributed by atoms with E-state index in [0.29, 0.717) is 10.9 Å². The summed E-state index contributed by atoms with van der Waals surface area (Å²) < 4.78 is 33.4. The van der Waals surface area contributed by atoms with Crippen molar-refractivity contribution in [2.24, 2.45) is 0 Å². The second-order valence-corrected chi connectivity index (χ2v) is 7.57. The van der Waals surface area contributed by atoms with Gasteiger partial charge in [-0.15, -0.1) is 0 Å². The molecular weight excluding hydrogens is 336 g/mol. The summed E-state index contributed by atoms with van der Waals surface area (Å²) in [5.74, 6) is 0.717. The number of hydrogen-bond acceptors (Lipinski definition) is 4. The number of pyridine rings is 1. The van der Waals surface area contributed by atoms with Crippen LogP contribution in [0.5, 0.6) is 5.75 Å². The largest absolute Gasteiger partial charge is 0.492 e. The van der Waals surface area contributed by atoms with Gasteiger partial charge in [0.05, 0.1) is 10.4 Å². The molecule has 0 atom stereocenters. The van der Waals surface area contributed by atoms with E-state index in [1.54, 1.807) is 30.5 Å². The average Bonchev–Trinajstić information content (AvgIpc) is 2.60. The lowest BCUT2D eigenvalue weighted by Crippen LogP contribution is -2.28. The molecule has 2 aromatic carbocycles. The molecule has 3 rings (SSSR count). The number of hydrogen-bond donors (Lipinski definition) is 1. The van der Waals surface area contributed by atoms with Crippen LogP contribution in [0.1, 0.15) is 11.1 Å². The molecule has 0 unspecified atom stereocenters. The molecule has 0 saturated heterocycles. The minimum absolute atomic E-state index is 0.186. The Morgan fingerprint density at radius 2 is 1.80 bits per heavy atom. The molecule has 0 radical (unpaired) electrons. The summed E-state index contributed by atoms with van der Waals surface area (Å²) in [5, 5.41) is 0.620. The van der Waals surface area contributed by atoms with Crippen LogP contribution in [0, 0.1) is 13.8 Å². The van der Waals surface area contributed by atoms with Crippen molar-refractivity contribution < 1.29 is 13.2 Å². The highest BCUT2D eigenvalue weighted by atomic mass is 32.2. The minimum Gasteiger partial charge on any atom is -0.492 e. The Morgan fingerprint density at radius 3 is 2.56 bits per heavy atom. The van der Waals surface area contributed by atoms with Gasteiger partial charge in [-0.2, -0.15) is 0 Å². The molecule has 1 heterocycles. The van der Waals surface area contributed by atoms with Gasteiger partial charge >= 0.3 is 0 Å². The Bertz CT molecular complexity index is 983. The predicted octanol–water partition coefficient (Wildman–Crippen LogP) is 3.21. The number of sulfonamides is 1. The molecule has 0 aliphatic heterocycles. The first-order valence-corrected chi connectivity index (χ1v) is 9.49. The molecule has 0 aliphatic carbocycles. The fraction of sp³-hybridized carbons (Fsp3) is 0.211. The van der Waals surface area contributed by atoms with Crippen molar-refractivity contribution in [3.63, 3.8) is 0 Å². The Balaban J connectivity index is 1.70. The van der Waals surface area contributed by atoms with Crippen molar-refractivity contribution in [2.45, 2.75) is 18.7 Å². The molecule has 1 aromatic heterocycles. The van der Waals surface area contributed by atoms with Crippen LogP contribution in [0.25, 0.3) is 10.9 Å². The van der Waals surface area contributed by atoms with Crippen molar-refractivity contribution in [1.82, 2.24) is 9.71 Å². The van der Waals surface area contributed by atoms with Gasteiger partial charge in [0.2, 0.25) is 10.0 Å². The summed E-state index contributed by atoms with van der Waals surface area (Å²) in [6.45, 7) is 4.35. The van der Waals surface area contributed by atoms with E-state index in [4.69, 9.17) is 4.74 Å². The molecule has 25 heavy (non-hydrogen) atoms. The van der Waals surface area contributed by atoms with Gasteiger partial charge in [-0.25, -0.2) is 13.1 Å². The van der Waals surface area contributed by atoms with Gasteiger partial charge in [0.25, 0.3) is 0 Å². The second kappa shape index (κ2) is 7.21. The van der Waals surface area contributed by atoms with Gasteiger partial charge in [0.1, 0.15) is 12.4 Å². The van der Waals surface area contributed by atoms with E-state index in [0.717, 1.165) is 16.9 Å². The van der Waals surface area contributed by atoms with Crippen molar-refractivity contribution in [3.8, 4) is 5.75 Å². The van der Waals surface area contributed by atoms with E-state index in [1.165, 1.54) is 0 Å². The number of aromatic nitrogens is 1. The molecule has 0 spiro atoms. The van der Waals surface area contributed by atoms with E-state index in [2.05, 4.69) is 9.71 Å². The third-order valence-corrected chi connectivity index (χ3v) is 5.42. The quantitative estimate of drug-likeness (QED) is 0.689. The van der Waals surface area contributed by atoms with Gasteiger partial charge in [-0.3, -0.25) is 4.98 Å². The van der Waals surface area contributed by atoms with E-state index in [-0.39, 0.29) is 18.0 Å². The first kappa shape index (κ1) is 17.4. The SMILES string of the molecule is Cc1ccc(OCCNS(=O)(=O)c2ccc(C)c3ncccc23)cc1. The number of rotatable bonds is 6. The molecule has 0 amide bonds. The summed E-state index contributed by atoms with van der Waals surface area (Å²) in [4.78, 5) is 4.51. The number of ether oxygens (including phenoxy) is 1. The van der Waals surface area contributed by atoms with Crippen LogP contribution in [-0.2, 0) is 10.0 Å². The zero-order valence-corrected chi connectivity index (χ0v) is 15.0. The molecule has 0 aliphatic rings. The van der Waals surface area contributed by atoms with Crippen molar-refractivity contribution in [2.75, 3.05) is 13.2 Å². The fourth-order valence-electron chi connectivity index (χ4n) is 2.58. The maximum atomic E-state index is 12.6. The third kappa shape index (κ3) is 3.97. The van der Waals surface area contributed by atoms with Crippen LogP contribution < -0.4 is 9.46 Å². The highest BCUT2D eigenvalue weighted by Gasteiger charge is 2.18. The number of benzene rings is 2. The number of nitrogens with one attached hydrogen (secondary N) is 1. The topological polar surface area (TPSA) is 68.3 Å². The van der Waals surface area contributed by atoms with Crippen LogP contribution >= 0.6 is 0 Å². The highest BCUT2D eigenvalue weighted by Crippen LogP contribution is 2.23. The predicted molar refractivity (Wildman–Crippen MR) is 98.3 cm³/mol. The Kier molecular flexibility index (Phi) is 5.01. The molecule has 5 nitrogen and oxygen atoms in total. The first-order chi connectivity index (χ1) is 12.0. The molecule has 130 valence electrons. The summed E-state index contributed by atoms with van der Waals surface area (Å²) in [6.07, 6.45) is 1.66. The Hall–Kier alpha value is -2.44. The fourth-order valence-corrected chi connectivity index (χ4v) is 3.79. The van der Waals surface area contributed by atoms with Crippen LogP contribution in [0.2, 0.25) is 0 Å². The van der Waals surface area contributed by atoms with Gasteiger partial charge in [-0.1, -0.05) is 23.8 Å². The molecular formula is C19H20N2O3S. The Morgan fingerprint density at radius 1 is 1.04 bits per heavy atom. The van der Waals surface area contributed by atoms with E-state index >= 15 is 0 Å². The smallest absolute Gasteiger partial charge is 0.241 e. The van der Waals surface area contributed by atoms with Gasteiger partial charge < -0.3 is 4.74 Å². The zero-order valence-electron chi connectivity index (χ0n) is 14.2. The maximum absolute atomic E-state index is 12.6. The van der Waals surface area contributed by atoms with Gasteiger partial charge in [0.15, 0.2) is 0 Å². The van der Waals surface area contributed by atoms with E-state index in [1.807, 2.05) is 38.1 Å². The van der Waals surface area contributed by atoms with Crippen LogP contribution in [0.3, 0.4) is 0 Å². The second-order valence-electron chi connectivity index (χ2n) is 5.84. The van der Waals surface area contributed by atoms with Crippen LogP contribution in [0.15, 0.2) is 59.6 Å². The lowest BCUT2D eigenvalue weighted by Gasteiger charge is -2.11. The van der Waals surface area contributed by atoms with Gasteiger partial charge in [-0.05, 0) is 49.7 Å². The van der Waals surface area contributed by atoms with Crippen molar-refractivity contribution in [1.29, 1.82) is 0 Å². The molecule has 6 heteroatoms. The average molecular weight is 356 g/mol. The number of nitrogens with zero attached hydrogens (tertiary/aromatic N) is 1. The lowest BCUT2D eigenvalue weighted by molar-refractivity contribution is 0.323. The zero-order chi connectivity index (χ0) is 17.9. The van der Waals surface area contributed by atoms with E-state index < -0.39 is 10.0 Å². The minimum atomic E-state index is -3.63. The number of aryl methyl sites for hydroxylation is 2. The molecule has 0 fully saturated rings. The summed E-state index contributed by atoms with van der Waals surface area (Å²) in [5.41, 5.74) is 2.78. The Labute approximate surface area is 147 Å². The van der Waals surface area contributed by atoms with Crippen molar-refractivity contribution in [3.05, 3.63) is 65.9 Å². The van der Waals surface area contributed by atoms with Crippen molar-refractivity contribution >= 4 is 20.9 Å². The standard InChI is InChI=1S/C19H20N2O3S/c1-14-5-8-16(9-6-14)24-13-12-21-25(22,23)18-10-7-15(2)19-17(18)4-3-11-20-19/h3-11,21H,12-13H2,1-2H3. The monoisotopic (exact) mass is 356 g/mol. The molecule has 0 bridgehead atoms. The van der Waals surface area contributed by atoms with Gasteiger partial charge in [0, 0.05) is 18.1 Å². The molecule has 3 aromatic rings. The maximum Gasteiger partial charge on any atom is 0.241 e. The normalized spacial score (nSPS) is 11.6. The molecule has 1 N–H and O–H groups in total. The van der Waals surface area contributed by atoms with E-state index in [9.17, 15) is 8.42 Å². The summed E-state index contributed by atoms with van der Waals surface area (Å²) >= 11 is 0. The van der Waals surface area contributed by atoms with Crippen LogP contribution in [-0.4, -0.2) is 26.6 Å². The molecule has 0 saturated carbocycles. The number of fused-ring (bicyclic) bond motifs is 1. The first-order valence-electron chi connectivity index (χ1n) is 8.01. The third-order valence-electron chi connectivity index (χ3n) is 3.90.